The predicted molar refractivity (Wildman–Crippen MR) is 280 cm³/mol. The SMILES string of the molecule is CC.CC.CCc1ccc(-c2cccc(-c3cc(-c4ccccc4)c(CC)c(-c4ccccc4)n3)c2)cc1.Cc1ccc(-c2ccccc2)cc1-c1cc(C2C=CC=CC2)ccc1C. The summed E-state index contributed by atoms with van der Waals surface area (Å²) in [6.07, 6.45) is 11.9. The van der Waals surface area contributed by atoms with Crippen LogP contribution in [-0.2, 0) is 12.8 Å². The number of aromatic nitrogens is 1. The number of aryl methyl sites for hydroxylation is 3. The number of allylic oxidation sites excluding steroid dienone is 4. The summed E-state index contributed by atoms with van der Waals surface area (Å²) in [7, 11) is 0. The van der Waals surface area contributed by atoms with E-state index in [1.165, 1.54) is 72.3 Å². The lowest BCUT2D eigenvalue weighted by atomic mass is 9.87. The maximum Gasteiger partial charge on any atom is 0.0747 e. The molecule has 1 heterocycles. The second-order valence-electron chi connectivity index (χ2n) is 15.7. The summed E-state index contributed by atoms with van der Waals surface area (Å²) in [6, 6.07) is 65.5. The number of nitrogens with zero attached hydrogens (tertiary/aromatic N) is 1. The van der Waals surface area contributed by atoms with Gasteiger partial charge in [0.05, 0.1) is 11.4 Å². The molecule has 1 unspecified atom stereocenters. The third-order valence-corrected chi connectivity index (χ3v) is 11.8. The van der Waals surface area contributed by atoms with E-state index in [0.717, 1.165) is 41.8 Å². The van der Waals surface area contributed by atoms with Crippen molar-refractivity contribution in [1.29, 1.82) is 0 Å². The molecular formula is C63H65N. The van der Waals surface area contributed by atoms with E-state index in [-0.39, 0.29) is 0 Å². The first-order chi connectivity index (χ1) is 31.5. The lowest BCUT2D eigenvalue weighted by Gasteiger charge is -2.18. The average Bonchev–Trinajstić information content (AvgIpc) is 3.39. The Hall–Kier alpha value is -6.83. The molecular weight excluding hydrogens is 771 g/mol. The minimum Gasteiger partial charge on any atom is -0.247 e. The largest absolute Gasteiger partial charge is 0.247 e. The van der Waals surface area contributed by atoms with Crippen LogP contribution in [0.1, 0.15) is 81.7 Å². The van der Waals surface area contributed by atoms with Crippen LogP contribution in [0.5, 0.6) is 0 Å². The maximum absolute atomic E-state index is 5.23. The molecule has 1 aromatic heterocycles. The molecule has 0 radical (unpaired) electrons. The zero-order chi connectivity index (χ0) is 45.3. The van der Waals surface area contributed by atoms with Gasteiger partial charge in [-0.1, -0.05) is 230 Å². The first-order valence-corrected chi connectivity index (χ1v) is 23.4. The van der Waals surface area contributed by atoms with Gasteiger partial charge in [0.25, 0.3) is 0 Å². The van der Waals surface area contributed by atoms with E-state index in [0.29, 0.717) is 5.92 Å². The Kier molecular flexibility index (Phi) is 17.2. The first-order valence-electron chi connectivity index (χ1n) is 23.4. The molecule has 64 heavy (non-hydrogen) atoms. The summed E-state index contributed by atoms with van der Waals surface area (Å²) in [5, 5.41) is 0. The van der Waals surface area contributed by atoms with E-state index in [2.05, 4.69) is 234 Å². The minimum atomic E-state index is 0.483. The van der Waals surface area contributed by atoms with E-state index < -0.39 is 0 Å². The molecule has 7 aromatic carbocycles. The van der Waals surface area contributed by atoms with Crippen LogP contribution in [0.15, 0.2) is 206 Å². The highest BCUT2D eigenvalue weighted by atomic mass is 14.7. The summed E-state index contributed by atoms with van der Waals surface area (Å²) in [4.78, 5) is 5.23. The number of hydrogen-bond donors (Lipinski definition) is 0. The van der Waals surface area contributed by atoms with Crippen molar-refractivity contribution < 1.29 is 0 Å². The highest BCUT2D eigenvalue weighted by molar-refractivity contribution is 5.82. The quantitative estimate of drug-likeness (QED) is 0.141. The zero-order valence-electron chi connectivity index (χ0n) is 39.3. The standard InChI is InChI=1S/C33H29N.C26H24.2C2H6/c1-3-24-18-20-25(21-19-24)28-16-11-17-29(22-28)32-23-31(26-12-7-5-8-13-26)30(4-2)33(34-32)27-14-9-6-10-15-27;1-19-13-15-23(21-9-5-3-6-10-21)17-25(19)26-18-24(16-14-20(26)2)22-11-7-4-8-12-22;2*1-2/h5-23H,3-4H2,1-2H3;3-11,13-18,22H,12H2,1-2H3;2*1-2H3. The zero-order valence-corrected chi connectivity index (χ0v) is 39.3. The number of rotatable bonds is 9. The van der Waals surface area contributed by atoms with E-state index in [1.54, 1.807) is 0 Å². The molecule has 0 saturated heterocycles. The average molecular weight is 836 g/mol. The lowest BCUT2D eigenvalue weighted by molar-refractivity contribution is 0.853. The molecule has 1 aliphatic rings. The minimum absolute atomic E-state index is 0.483. The fraction of sp³-hybridized carbons (Fsp3) is 0.190. The van der Waals surface area contributed by atoms with Gasteiger partial charge in [-0.25, -0.2) is 4.98 Å². The summed E-state index contributed by atoms with van der Waals surface area (Å²) in [5.41, 5.74) is 21.2. The van der Waals surface area contributed by atoms with Crippen molar-refractivity contribution in [2.24, 2.45) is 0 Å². The van der Waals surface area contributed by atoms with E-state index in [1.807, 2.05) is 27.7 Å². The molecule has 322 valence electrons. The van der Waals surface area contributed by atoms with Gasteiger partial charge < -0.3 is 0 Å². The van der Waals surface area contributed by atoms with Crippen LogP contribution in [0.2, 0.25) is 0 Å². The molecule has 1 heteroatoms. The van der Waals surface area contributed by atoms with E-state index >= 15 is 0 Å². The number of pyridine rings is 1. The van der Waals surface area contributed by atoms with Crippen LogP contribution >= 0.6 is 0 Å². The molecule has 9 rings (SSSR count). The van der Waals surface area contributed by atoms with Gasteiger partial charge in [0.2, 0.25) is 0 Å². The summed E-state index contributed by atoms with van der Waals surface area (Å²) < 4.78 is 0. The van der Waals surface area contributed by atoms with Gasteiger partial charge in [-0.2, -0.15) is 0 Å². The summed E-state index contributed by atoms with van der Waals surface area (Å²) in [5.74, 6) is 0.483. The van der Waals surface area contributed by atoms with Crippen LogP contribution in [-0.4, -0.2) is 4.98 Å². The Morgan fingerprint density at radius 1 is 0.438 bits per heavy atom. The maximum atomic E-state index is 5.23. The summed E-state index contributed by atoms with van der Waals surface area (Å²) in [6.45, 7) is 16.8. The molecule has 1 atom stereocenters. The van der Waals surface area contributed by atoms with Crippen LogP contribution in [0.25, 0.3) is 67.0 Å². The van der Waals surface area contributed by atoms with Crippen molar-refractivity contribution in [2.45, 2.75) is 80.6 Å². The topological polar surface area (TPSA) is 12.9 Å². The molecule has 1 aliphatic carbocycles. The monoisotopic (exact) mass is 836 g/mol. The number of hydrogen-bond acceptors (Lipinski definition) is 1. The van der Waals surface area contributed by atoms with Gasteiger partial charge in [0, 0.05) is 17.0 Å². The fourth-order valence-corrected chi connectivity index (χ4v) is 8.29. The highest BCUT2D eigenvalue weighted by Gasteiger charge is 2.17. The van der Waals surface area contributed by atoms with Crippen molar-refractivity contribution in [3.05, 3.63) is 234 Å². The van der Waals surface area contributed by atoms with Gasteiger partial charge in [-0.3, -0.25) is 0 Å². The van der Waals surface area contributed by atoms with Crippen molar-refractivity contribution in [1.82, 2.24) is 4.98 Å². The lowest BCUT2D eigenvalue weighted by Crippen LogP contribution is -1.99. The smallest absolute Gasteiger partial charge is 0.0747 e. The molecule has 0 amide bonds. The molecule has 0 fully saturated rings. The van der Waals surface area contributed by atoms with Crippen molar-refractivity contribution in [3.63, 3.8) is 0 Å². The van der Waals surface area contributed by atoms with Gasteiger partial charge >= 0.3 is 0 Å². The molecule has 8 aromatic rings. The molecule has 0 aliphatic heterocycles. The Morgan fingerprint density at radius 3 is 1.58 bits per heavy atom. The van der Waals surface area contributed by atoms with Crippen molar-refractivity contribution >= 4 is 0 Å². The van der Waals surface area contributed by atoms with Crippen molar-refractivity contribution in [2.75, 3.05) is 0 Å². The normalized spacial score (nSPS) is 12.5. The van der Waals surface area contributed by atoms with Gasteiger partial charge in [-0.15, -0.1) is 0 Å². The highest BCUT2D eigenvalue weighted by Crippen LogP contribution is 2.37. The first kappa shape index (κ1) is 46.7. The predicted octanol–water partition coefficient (Wildman–Crippen LogP) is 18.2. The van der Waals surface area contributed by atoms with Crippen LogP contribution in [0, 0.1) is 13.8 Å². The van der Waals surface area contributed by atoms with Gasteiger partial charge in [0.1, 0.15) is 0 Å². The van der Waals surface area contributed by atoms with Crippen LogP contribution in [0.3, 0.4) is 0 Å². The van der Waals surface area contributed by atoms with E-state index in [4.69, 9.17) is 4.98 Å². The fourth-order valence-electron chi connectivity index (χ4n) is 8.29. The Labute approximate surface area is 385 Å². The molecule has 0 saturated carbocycles. The Balaban J connectivity index is 0.000000203. The summed E-state index contributed by atoms with van der Waals surface area (Å²) >= 11 is 0. The molecule has 1 nitrogen and oxygen atoms in total. The third-order valence-electron chi connectivity index (χ3n) is 11.8. The molecule has 0 spiro atoms. The Morgan fingerprint density at radius 2 is 0.969 bits per heavy atom. The van der Waals surface area contributed by atoms with Crippen LogP contribution < -0.4 is 0 Å². The van der Waals surface area contributed by atoms with Gasteiger partial charge in [0.15, 0.2) is 0 Å². The molecule has 0 bridgehead atoms. The second kappa shape index (κ2) is 23.6. The van der Waals surface area contributed by atoms with Crippen molar-refractivity contribution in [3.8, 4) is 67.0 Å². The third kappa shape index (κ3) is 11.4. The van der Waals surface area contributed by atoms with Crippen LogP contribution in [0.4, 0.5) is 0 Å². The second-order valence-corrected chi connectivity index (χ2v) is 15.7. The Bertz CT molecular complexity index is 2680. The number of benzene rings is 7. The molecule has 0 N–H and O–H groups in total. The van der Waals surface area contributed by atoms with E-state index in [9.17, 15) is 0 Å². The van der Waals surface area contributed by atoms with Gasteiger partial charge in [-0.05, 0) is 124 Å².